The van der Waals surface area contributed by atoms with E-state index in [0.29, 0.717) is 6.54 Å². The van der Waals surface area contributed by atoms with Crippen LogP contribution in [0.2, 0.25) is 0 Å². The third-order valence-electron chi connectivity index (χ3n) is 4.00. The Hall–Kier alpha value is -2.49. The molecule has 0 aliphatic rings. The predicted octanol–water partition coefficient (Wildman–Crippen LogP) is 1.54. The largest absolute Gasteiger partial charge is 0.375 e. The summed E-state index contributed by atoms with van der Waals surface area (Å²) in [5, 5.41) is 14.6. The first-order chi connectivity index (χ1) is 13.1. The maximum Gasteiger partial charge on any atom is 0.293 e. The van der Waals surface area contributed by atoms with Crippen molar-refractivity contribution in [3.8, 4) is 0 Å². The molecule has 152 valence electrons. The van der Waals surface area contributed by atoms with Crippen molar-refractivity contribution in [2.24, 2.45) is 0 Å². The topological polar surface area (TPSA) is 106 Å². The van der Waals surface area contributed by atoms with Gasteiger partial charge in [-0.3, -0.25) is 10.1 Å². The van der Waals surface area contributed by atoms with E-state index in [1.165, 1.54) is 17.0 Å². The van der Waals surface area contributed by atoms with Gasteiger partial charge in [-0.05, 0) is 31.5 Å². The highest BCUT2D eigenvalue weighted by Gasteiger charge is 2.22. The van der Waals surface area contributed by atoms with E-state index >= 15 is 0 Å². The van der Waals surface area contributed by atoms with Gasteiger partial charge in [0.25, 0.3) is 5.69 Å². The summed E-state index contributed by atoms with van der Waals surface area (Å²) < 4.78 is 27.0. The van der Waals surface area contributed by atoms with Gasteiger partial charge in [0.15, 0.2) is 0 Å². The van der Waals surface area contributed by atoms with E-state index in [1.54, 1.807) is 13.8 Å². The van der Waals surface area contributed by atoms with E-state index in [-0.39, 0.29) is 22.3 Å². The van der Waals surface area contributed by atoms with Crippen molar-refractivity contribution in [1.82, 2.24) is 4.72 Å². The van der Waals surface area contributed by atoms with E-state index in [0.717, 1.165) is 23.7 Å². The Kier molecular flexibility index (Phi) is 7.11. The minimum atomic E-state index is -3.80. The molecule has 8 nitrogen and oxygen atoms in total. The molecule has 2 aromatic carbocycles. The SMILES string of the molecule is CC(C)NS(=O)(=O)c1ccc(NCc2ccccc2C[NH+](C)C)c([N+](=O)[O-])c1. The predicted molar refractivity (Wildman–Crippen MR) is 109 cm³/mol. The molecule has 0 bridgehead atoms. The summed E-state index contributed by atoms with van der Waals surface area (Å²) in [6, 6.07) is 11.5. The van der Waals surface area contributed by atoms with Crippen LogP contribution >= 0.6 is 0 Å². The fourth-order valence-electron chi connectivity index (χ4n) is 2.83. The molecule has 0 aromatic heterocycles. The van der Waals surface area contributed by atoms with Crippen molar-refractivity contribution in [3.05, 3.63) is 63.7 Å². The number of quaternary nitrogens is 1. The lowest BCUT2D eigenvalue weighted by molar-refractivity contribution is -0.872. The Morgan fingerprint density at radius 3 is 2.32 bits per heavy atom. The number of nitro benzene ring substituents is 1. The van der Waals surface area contributed by atoms with Gasteiger partial charge >= 0.3 is 0 Å². The second kappa shape index (κ2) is 9.13. The van der Waals surface area contributed by atoms with Gasteiger partial charge in [-0.25, -0.2) is 13.1 Å². The van der Waals surface area contributed by atoms with Crippen LogP contribution in [0.4, 0.5) is 11.4 Å². The number of rotatable bonds is 9. The Morgan fingerprint density at radius 2 is 1.75 bits per heavy atom. The van der Waals surface area contributed by atoms with Crippen LogP contribution in [-0.4, -0.2) is 33.5 Å². The third-order valence-corrected chi connectivity index (χ3v) is 5.65. The first kappa shape index (κ1) is 21.8. The van der Waals surface area contributed by atoms with Crippen LogP contribution in [0.5, 0.6) is 0 Å². The Bertz CT molecular complexity index is 943. The van der Waals surface area contributed by atoms with Crippen LogP contribution < -0.4 is 14.9 Å². The summed E-state index contributed by atoms with van der Waals surface area (Å²) >= 11 is 0. The summed E-state index contributed by atoms with van der Waals surface area (Å²) in [4.78, 5) is 12.1. The van der Waals surface area contributed by atoms with Gasteiger partial charge in [-0.15, -0.1) is 0 Å². The zero-order valence-corrected chi connectivity index (χ0v) is 17.3. The normalized spacial score (nSPS) is 11.8. The highest BCUT2D eigenvalue weighted by Crippen LogP contribution is 2.28. The van der Waals surface area contributed by atoms with Crippen LogP contribution in [0.25, 0.3) is 0 Å². The molecule has 9 heteroatoms. The minimum Gasteiger partial charge on any atom is -0.375 e. The molecular formula is C19H27N4O4S+. The summed E-state index contributed by atoms with van der Waals surface area (Å²) in [7, 11) is 0.305. The Balaban J connectivity index is 2.29. The average molecular weight is 408 g/mol. The number of sulfonamides is 1. The maximum atomic E-state index is 12.3. The fourth-order valence-corrected chi connectivity index (χ4v) is 4.10. The van der Waals surface area contributed by atoms with E-state index < -0.39 is 14.9 Å². The number of benzene rings is 2. The molecule has 0 radical (unpaired) electrons. The van der Waals surface area contributed by atoms with Crippen LogP contribution in [0, 0.1) is 10.1 Å². The molecule has 2 aromatic rings. The van der Waals surface area contributed by atoms with Crippen molar-refractivity contribution in [3.63, 3.8) is 0 Å². The smallest absolute Gasteiger partial charge is 0.293 e. The molecule has 0 saturated carbocycles. The molecule has 0 saturated heterocycles. The van der Waals surface area contributed by atoms with Gasteiger partial charge in [0, 0.05) is 24.2 Å². The summed E-state index contributed by atoms with van der Waals surface area (Å²) in [5.41, 5.74) is 2.19. The second-order valence-electron chi connectivity index (χ2n) is 7.22. The average Bonchev–Trinajstić information content (AvgIpc) is 2.59. The van der Waals surface area contributed by atoms with Crippen LogP contribution in [-0.2, 0) is 23.1 Å². The van der Waals surface area contributed by atoms with Gasteiger partial charge in [-0.1, -0.05) is 24.3 Å². The van der Waals surface area contributed by atoms with Crippen molar-refractivity contribution >= 4 is 21.4 Å². The van der Waals surface area contributed by atoms with Crippen molar-refractivity contribution in [1.29, 1.82) is 0 Å². The Labute approximate surface area is 165 Å². The van der Waals surface area contributed by atoms with E-state index in [2.05, 4.69) is 24.1 Å². The van der Waals surface area contributed by atoms with Gasteiger partial charge < -0.3 is 10.2 Å². The molecule has 0 spiro atoms. The molecule has 0 aliphatic heterocycles. The molecule has 0 fully saturated rings. The van der Waals surface area contributed by atoms with Crippen LogP contribution in [0.3, 0.4) is 0 Å². The molecule has 0 heterocycles. The molecule has 0 unspecified atom stereocenters. The van der Waals surface area contributed by atoms with Gasteiger partial charge in [0.05, 0.1) is 23.9 Å². The lowest BCUT2D eigenvalue weighted by Crippen LogP contribution is -3.04. The van der Waals surface area contributed by atoms with Crippen molar-refractivity contribution < 1.29 is 18.2 Å². The summed E-state index contributed by atoms with van der Waals surface area (Å²) in [6.07, 6.45) is 0. The molecule has 2 rings (SSSR count). The van der Waals surface area contributed by atoms with E-state index in [1.807, 2.05) is 24.3 Å². The number of nitrogens with one attached hydrogen (secondary N) is 3. The first-order valence-corrected chi connectivity index (χ1v) is 10.5. The quantitative estimate of drug-likeness (QED) is 0.432. The van der Waals surface area contributed by atoms with Gasteiger partial charge in [0.1, 0.15) is 12.2 Å². The number of hydrogen-bond acceptors (Lipinski definition) is 5. The van der Waals surface area contributed by atoms with Crippen molar-refractivity contribution in [2.75, 3.05) is 19.4 Å². The minimum absolute atomic E-state index is 0.130. The van der Waals surface area contributed by atoms with Gasteiger partial charge in [-0.2, -0.15) is 0 Å². The standard InChI is InChI=1S/C19H26N4O4S/c1-14(2)21-28(26,27)17-9-10-18(19(11-17)23(24)25)20-12-15-7-5-6-8-16(15)13-22(3)4/h5-11,14,20-21H,12-13H2,1-4H3/p+1. The van der Waals surface area contributed by atoms with Crippen molar-refractivity contribution in [2.45, 2.75) is 37.9 Å². The molecule has 0 atom stereocenters. The van der Waals surface area contributed by atoms with E-state index in [4.69, 9.17) is 0 Å². The van der Waals surface area contributed by atoms with E-state index in [9.17, 15) is 18.5 Å². The highest BCUT2D eigenvalue weighted by molar-refractivity contribution is 7.89. The monoisotopic (exact) mass is 407 g/mol. The third kappa shape index (κ3) is 5.75. The van der Waals surface area contributed by atoms with Crippen LogP contribution in [0.1, 0.15) is 25.0 Å². The zero-order valence-electron chi connectivity index (χ0n) is 16.5. The van der Waals surface area contributed by atoms with Crippen LogP contribution in [0.15, 0.2) is 47.4 Å². The lowest BCUT2D eigenvalue weighted by Gasteiger charge is -2.14. The lowest BCUT2D eigenvalue weighted by atomic mass is 10.1. The maximum absolute atomic E-state index is 12.3. The number of anilines is 1. The zero-order chi connectivity index (χ0) is 20.9. The second-order valence-corrected chi connectivity index (χ2v) is 8.93. The summed E-state index contributed by atoms with van der Waals surface area (Å²) in [5.74, 6) is 0. The molecule has 3 N–H and O–H groups in total. The Morgan fingerprint density at radius 1 is 1.11 bits per heavy atom. The number of nitrogens with zero attached hydrogens (tertiary/aromatic N) is 1. The number of hydrogen-bond donors (Lipinski definition) is 3. The molecule has 28 heavy (non-hydrogen) atoms. The summed E-state index contributed by atoms with van der Waals surface area (Å²) in [6.45, 7) is 4.61. The fraction of sp³-hybridized carbons (Fsp3) is 0.368. The molecule has 0 amide bonds. The first-order valence-electron chi connectivity index (χ1n) is 9.00. The van der Waals surface area contributed by atoms with Gasteiger partial charge in [0.2, 0.25) is 10.0 Å². The molecular weight excluding hydrogens is 380 g/mol. The number of nitro groups is 1. The molecule has 0 aliphatic carbocycles. The highest BCUT2D eigenvalue weighted by atomic mass is 32.2.